The van der Waals surface area contributed by atoms with Crippen molar-refractivity contribution >= 4 is 5.69 Å². The van der Waals surface area contributed by atoms with Crippen molar-refractivity contribution in [2.75, 3.05) is 0 Å². The van der Waals surface area contributed by atoms with E-state index in [1.54, 1.807) is 4.68 Å². The average Bonchev–Trinajstić information content (AvgIpc) is 2.80. The number of hydrogen-bond acceptors (Lipinski definition) is 3. The van der Waals surface area contributed by atoms with Gasteiger partial charge in [-0.25, -0.2) is 0 Å². The molecule has 0 N–H and O–H groups in total. The van der Waals surface area contributed by atoms with Crippen molar-refractivity contribution < 1.29 is 4.92 Å². The van der Waals surface area contributed by atoms with E-state index in [0.29, 0.717) is 0 Å². The molecule has 0 saturated heterocycles. The summed E-state index contributed by atoms with van der Waals surface area (Å²) in [6.45, 7) is 3.94. The highest BCUT2D eigenvalue weighted by molar-refractivity contribution is 5.27. The molecular formula is C12H13N3O2. The summed E-state index contributed by atoms with van der Waals surface area (Å²) in [6, 6.07) is 9.77. The molecule has 0 aliphatic heterocycles. The van der Waals surface area contributed by atoms with Crippen molar-refractivity contribution in [3.8, 4) is 0 Å². The average molecular weight is 231 g/mol. The minimum absolute atomic E-state index is 0.00834. The summed E-state index contributed by atoms with van der Waals surface area (Å²) in [7, 11) is 0. The zero-order valence-corrected chi connectivity index (χ0v) is 9.70. The molecule has 1 aromatic carbocycles. The molecule has 0 aliphatic carbocycles. The lowest BCUT2D eigenvalue weighted by Crippen LogP contribution is -2.28. The molecule has 5 heteroatoms. The molecule has 0 saturated carbocycles. The molecule has 0 spiro atoms. The Morgan fingerprint density at radius 3 is 2.47 bits per heavy atom. The Labute approximate surface area is 98.8 Å². The lowest BCUT2D eigenvalue weighted by Gasteiger charge is -2.25. The van der Waals surface area contributed by atoms with Crippen molar-refractivity contribution in [3.05, 3.63) is 58.4 Å². The van der Waals surface area contributed by atoms with Gasteiger partial charge in [0.25, 0.3) is 0 Å². The second-order valence-corrected chi connectivity index (χ2v) is 4.33. The van der Waals surface area contributed by atoms with Gasteiger partial charge in [0.05, 0.1) is 10.5 Å². The number of nitrogens with zero attached hydrogens (tertiary/aromatic N) is 3. The van der Waals surface area contributed by atoms with Crippen LogP contribution in [0.2, 0.25) is 0 Å². The molecule has 88 valence electrons. The minimum atomic E-state index is -0.440. The minimum Gasteiger partial charge on any atom is -0.258 e. The van der Waals surface area contributed by atoms with E-state index in [1.165, 1.54) is 12.4 Å². The zero-order chi connectivity index (χ0) is 12.5. The number of benzene rings is 1. The summed E-state index contributed by atoms with van der Waals surface area (Å²) in [4.78, 5) is 10.2. The first-order valence-electron chi connectivity index (χ1n) is 5.27. The van der Waals surface area contributed by atoms with Crippen LogP contribution in [0.4, 0.5) is 5.69 Å². The van der Waals surface area contributed by atoms with Crippen molar-refractivity contribution in [2.45, 2.75) is 19.4 Å². The third kappa shape index (κ3) is 2.04. The third-order valence-electron chi connectivity index (χ3n) is 2.83. The first-order valence-corrected chi connectivity index (χ1v) is 5.27. The van der Waals surface area contributed by atoms with Crippen molar-refractivity contribution in [2.24, 2.45) is 0 Å². The van der Waals surface area contributed by atoms with Crippen molar-refractivity contribution in [1.82, 2.24) is 9.78 Å². The number of hydrogen-bond donors (Lipinski definition) is 0. The predicted molar refractivity (Wildman–Crippen MR) is 63.7 cm³/mol. The van der Waals surface area contributed by atoms with Gasteiger partial charge in [-0.2, -0.15) is 5.10 Å². The van der Waals surface area contributed by atoms with E-state index in [2.05, 4.69) is 5.10 Å². The topological polar surface area (TPSA) is 61.0 Å². The third-order valence-corrected chi connectivity index (χ3v) is 2.83. The molecule has 0 aliphatic rings. The molecule has 0 fully saturated rings. The Kier molecular flexibility index (Phi) is 2.67. The SMILES string of the molecule is CC(C)(c1ccccc1)n1cc([N+](=O)[O-])cn1. The summed E-state index contributed by atoms with van der Waals surface area (Å²) < 4.78 is 1.61. The monoisotopic (exact) mass is 231 g/mol. The van der Waals surface area contributed by atoms with Gasteiger partial charge in [0.2, 0.25) is 0 Å². The van der Waals surface area contributed by atoms with E-state index in [9.17, 15) is 10.1 Å². The highest BCUT2D eigenvalue weighted by Gasteiger charge is 2.25. The molecule has 0 amide bonds. The van der Waals surface area contributed by atoms with E-state index < -0.39 is 10.5 Å². The molecule has 2 aromatic rings. The molecule has 0 unspecified atom stereocenters. The first-order chi connectivity index (χ1) is 8.01. The van der Waals surface area contributed by atoms with Crippen LogP contribution in [0.5, 0.6) is 0 Å². The largest absolute Gasteiger partial charge is 0.307 e. The van der Waals surface area contributed by atoms with Crippen LogP contribution in [0.3, 0.4) is 0 Å². The fraction of sp³-hybridized carbons (Fsp3) is 0.250. The Bertz CT molecular complexity index is 532. The van der Waals surface area contributed by atoms with Gasteiger partial charge in [-0.05, 0) is 19.4 Å². The number of aromatic nitrogens is 2. The van der Waals surface area contributed by atoms with Gasteiger partial charge in [-0.3, -0.25) is 14.8 Å². The molecule has 1 heterocycles. The molecular weight excluding hydrogens is 218 g/mol. The molecule has 1 aromatic heterocycles. The fourth-order valence-electron chi connectivity index (χ4n) is 1.69. The van der Waals surface area contributed by atoms with Crippen molar-refractivity contribution in [1.29, 1.82) is 0 Å². The van der Waals surface area contributed by atoms with Crippen LogP contribution in [-0.4, -0.2) is 14.7 Å². The molecule has 5 nitrogen and oxygen atoms in total. The standard InChI is InChI=1S/C12H13N3O2/c1-12(2,10-6-4-3-5-7-10)14-9-11(8-13-14)15(16)17/h3-9H,1-2H3. The maximum atomic E-state index is 10.6. The highest BCUT2D eigenvalue weighted by atomic mass is 16.6. The second-order valence-electron chi connectivity index (χ2n) is 4.33. The lowest BCUT2D eigenvalue weighted by atomic mass is 9.95. The Morgan fingerprint density at radius 2 is 1.94 bits per heavy atom. The Hall–Kier alpha value is -2.17. The maximum Gasteiger partial charge on any atom is 0.307 e. The van der Waals surface area contributed by atoms with Crippen molar-refractivity contribution in [3.63, 3.8) is 0 Å². The van der Waals surface area contributed by atoms with Gasteiger partial charge in [0, 0.05) is 0 Å². The summed E-state index contributed by atoms with van der Waals surface area (Å²) >= 11 is 0. The molecule has 17 heavy (non-hydrogen) atoms. The van der Waals surface area contributed by atoms with Gasteiger partial charge >= 0.3 is 5.69 Å². The Balaban J connectivity index is 2.41. The van der Waals surface area contributed by atoms with Crippen LogP contribution < -0.4 is 0 Å². The predicted octanol–water partition coefficient (Wildman–Crippen LogP) is 2.57. The van der Waals surface area contributed by atoms with Crippen LogP contribution >= 0.6 is 0 Å². The summed E-state index contributed by atoms with van der Waals surface area (Å²) in [5, 5.41) is 14.7. The summed E-state index contributed by atoms with van der Waals surface area (Å²) in [5.41, 5.74) is 0.655. The van der Waals surface area contributed by atoms with Gasteiger partial charge in [0.15, 0.2) is 0 Å². The highest BCUT2D eigenvalue weighted by Crippen LogP contribution is 2.25. The zero-order valence-electron chi connectivity index (χ0n) is 9.70. The van der Waals surface area contributed by atoms with E-state index in [1.807, 2.05) is 44.2 Å². The van der Waals surface area contributed by atoms with E-state index in [-0.39, 0.29) is 5.69 Å². The quantitative estimate of drug-likeness (QED) is 0.602. The van der Waals surface area contributed by atoms with Crippen LogP contribution in [0.15, 0.2) is 42.7 Å². The van der Waals surface area contributed by atoms with Gasteiger partial charge < -0.3 is 0 Å². The fourth-order valence-corrected chi connectivity index (χ4v) is 1.69. The maximum absolute atomic E-state index is 10.6. The van der Waals surface area contributed by atoms with E-state index >= 15 is 0 Å². The molecule has 0 atom stereocenters. The van der Waals surface area contributed by atoms with Gasteiger partial charge in [-0.15, -0.1) is 0 Å². The molecule has 2 rings (SSSR count). The normalized spacial score (nSPS) is 11.4. The van der Waals surface area contributed by atoms with Crippen LogP contribution in [-0.2, 0) is 5.54 Å². The molecule has 0 bridgehead atoms. The van der Waals surface area contributed by atoms with Gasteiger partial charge in [0.1, 0.15) is 12.4 Å². The lowest BCUT2D eigenvalue weighted by molar-refractivity contribution is -0.385. The Morgan fingerprint density at radius 1 is 1.29 bits per heavy atom. The number of rotatable bonds is 3. The summed E-state index contributed by atoms with van der Waals surface area (Å²) in [6.07, 6.45) is 2.72. The van der Waals surface area contributed by atoms with Crippen LogP contribution in [0, 0.1) is 10.1 Å². The van der Waals surface area contributed by atoms with Crippen LogP contribution in [0.25, 0.3) is 0 Å². The molecule has 0 radical (unpaired) electrons. The number of nitro groups is 1. The summed E-state index contributed by atoms with van der Waals surface area (Å²) in [5.74, 6) is 0. The van der Waals surface area contributed by atoms with E-state index in [0.717, 1.165) is 5.56 Å². The van der Waals surface area contributed by atoms with Gasteiger partial charge in [-0.1, -0.05) is 30.3 Å². The first kappa shape index (κ1) is 11.3. The van der Waals surface area contributed by atoms with E-state index in [4.69, 9.17) is 0 Å². The van der Waals surface area contributed by atoms with Crippen LogP contribution in [0.1, 0.15) is 19.4 Å². The smallest absolute Gasteiger partial charge is 0.258 e. The second kappa shape index (κ2) is 4.01.